The van der Waals surface area contributed by atoms with E-state index < -0.39 is 12.0 Å². The summed E-state index contributed by atoms with van der Waals surface area (Å²) in [4.78, 5) is 20.5. The first-order valence-electron chi connectivity index (χ1n) is 4.00. The van der Waals surface area contributed by atoms with Gasteiger partial charge in [0.2, 0.25) is 6.41 Å². The molecule has 0 bridgehead atoms. The zero-order valence-corrected chi connectivity index (χ0v) is 7.41. The molecule has 0 aliphatic rings. The van der Waals surface area contributed by atoms with E-state index in [4.69, 9.17) is 5.11 Å². The van der Waals surface area contributed by atoms with Crippen LogP contribution in [-0.4, -0.2) is 23.5 Å². The molecule has 0 rings (SSSR count). The van der Waals surface area contributed by atoms with Gasteiger partial charge in [0.15, 0.2) is 0 Å². The Bertz CT molecular complexity index is 156. The van der Waals surface area contributed by atoms with Gasteiger partial charge < -0.3 is 10.4 Å². The number of amides is 1. The predicted octanol–water partition coefficient (Wildman–Crippen LogP) is 0.622. The van der Waals surface area contributed by atoms with Crippen LogP contribution in [0.25, 0.3) is 0 Å². The van der Waals surface area contributed by atoms with Gasteiger partial charge in [-0.25, -0.2) is 4.79 Å². The minimum Gasteiger partial charge on any atom is -0.480 e. The lowest BCUT2D eigenvalue weighted by Crippen LogP contribution is -2.35. The molecule has 0 heterocycles. The third-order valence-corrected chi connectivity index (χ3v) is 1.60. The Morgan fingerprint density at radius 1 is 1.50 bits per heavy atom. The quantitative estimate of drug-likeness (QED) is 0.579. The van der Waals surface area contributed by atoms with Crippen molar-refractivity contribution < 1.29 is 14.7 Å². The smallest absolute Gasteiger partial charge is 0.326 e. The van der Waals surface area contributed by atoms with E-state index in [1.165, 1.54) is 0 Å². The molecule has 0 aliphatic heterocycles. The van der Waals surface area contributed by atoms with Crippen LogP contribution >= 0.6 is 0 Å². The molecule has 0 aromatic rings. The van der Waals surface area contributed by atoms with E-state index in [1.807, 2.05) is 13.8 Å². The van der Waals surface area contributed by atoms with E-state index in [-0.39, 0.29) is 0 Å². The maximum absolute atomic E-state index is 10.5. The van der Waals surface area contributed by atoms with Crippen LogP contribution in [-0.2, 0) is 9.59 Å². The largest absolute Gasteiger partial charge is 0.480 e. The molecule has 0 saturated carbocycles. The highest BCUT2D eigenvalue weighted by Gasteiger charge is 2.15. The molecule has 0 fully saturated rings. The third-order valence-electron chi connectivity index (χ3n) is 1.60. The van der Waals surface area contributed by atoms with Crippen LogP contribution in [0.2, 0.25) is 0 Å². The summed E-state index contributed by atoms with van der Waals surface area (Å²) >= 11 is 0. The fraction of sp³-hybridized carbons (Fsp3) is 0.750. The van der Waals surface area contributed by atoms with Crippen LogP contribution in [0.5, 0.6) is 0 Å². The van der Waals surface area contributed by atoms with Gasteiger partial charge in [-0.1, -0.05) is 13.8 Å². The minimum atomic E-state index is -0.970. The number of hydrogen-bond donors (Lipinski definition) is 2. The fourth-order valence-corrected chi connectivity index (χ4v) is 0.860. The molecule has 1 amide bonds. The number of carboxylic acids is 1. The second kappa shape index (κ2) is 5.57. The third kappa shape index (κ3) is 4.71. The summed E-state index contributed by atoms with van der Waals surface area (Å²) in [5.74, 6) is -0.511. The molecule has 4 nitrogen and oxygen atoms in total. The Balaban J connectivity index is 3.78. The van der Waals surface area contributed by atoms with Crippen molar-refractivity contribution in [3.63, 3.8) is 0 Å². The average Bonchev–Trinajstić information content (AvgIpc) is 1.96. The Labute approximate surface area is 72.0 Å². The van der Waals surface area contributed by atoms with Crippen LogP contribution in [0.3, 0.4) is 0 Å². The van der Waals surface area contributed by atoms with Crippen molar-refractivity contribution >= 4 is 12.4 Å². The molecule has 0 spiro atoms. The summed E-state index contributed by atoms with van der Waals surface area (Å²) in [6, 6.07) is -0.732. The molecule has 0 aliphatic carbocycles. The molecule has 1 unspecified atom stereocenters. The maximum atomic E-state index is 10.5. The number of nitrogens with one attached hydrogen (secondary N) is 1. The van der Waals surface area contributed by atoms with Gasteiger partial charge in [-0.05, 0) is 18.8 Å². The van der Waals surface area contributed by atoms with Crippen molar-refractivity contribution in [2.45, 2.75) is 32.7 Å². The maximum Gasteiger partial charge on any atom is 0.326 e. The van der Waals surface area contributed by atoms with Gasteiger partial charge >= 0.3 is 5.97 Å². The van der Waals surface area contributed by atoms with Crippen LogP contribution in [0.1, 0.15) is 26.7 Å². The first-order chi connectivity index (χ1) is 5.57. The summed E-state index contributed by atoms with van der Waals surface area (Å²) in [7, 11) is 0. The van der Waals surface area contributed by atoms with E-state index in [2.05, 4.69) is 5.32 Å². The summed E-state index contributed by atoms with van der Waals surface area (Å²) in [6.07, 6.45) is 1.72. The standard InChI is InChI=1S/C8H15NO3/c1-6(2)3-4-7(8(11)12)9-5-10/h5-7H,3-4H2,1-2H3,(H,9,10)(H,11,12). The number of carbonyl (C=O) groups is 2. The van der Waals surface area contributed by atoms with Crippen molar-refractivity contribution in [2.75, 3.05) is 0 Å². The Morgan fingerprint density at radius 3 is 2.42 bits per heavy atom. The first kappa shape index (κ1) is 10.9. The monoisotopic (exact) mass is 173 g/mol. The van der Waals surface area contributed by atoms with Gasteiger partial charge in [-0.15, -0.1) is 0 Å². The molecule has 70 valence electrons. The summed E-state index contributed by atoms with van der Waals surface area (Å²) < 4.78 is 0. The first-order valence-corrected chi connectivity index (χ1v) is 4.00. The molecule has 1 atom stereocenters. The lowest BCUT2D eigenvalue weighted by molar-refractivity contribution is -0.140. The van der Waals surface area contributed by atoms with Gasteiger partial charge in [0.1, 0.15) is 6.04 Å². The number of carboxylic acid groups (broad SMARTS) is 1. The molecule has 2 N–H and O–H groups in total. The van der Waals surface area contributed by atoms with Crippen LogP contribution in [0, 0.1) is 5.92 Å². The molecule has 4 heteroatoms. The van der Waals surface area contributed by atoms with E-state index in [0.717, 1.165) is 6.42 Å². The van der Waals surface area contributed by atoms with E-state index >= 15 is 0 Å². The predicted molar refractivity (Wildman–Crippen MR) is 44.7 cm³/mol. The van der Waals surface area contributed by atoms with E-state index in [0.29, 0.717) is 18.7 Å². The number of rotatable bonds is 6. The molecule has 12 heavy (non-hydrogen) atoms. The summed E-state index contributed by atoms with van der Waals surface area (Å²) in [6.45, 7) is 4.03. The average molecular weight is 173 g/mol. The molecule has 0 aromatic carbocycles. The van der Waals surface area contributed by atoms with Crippen molar-refractivity contribution in [1.29, 1.82) is 0 Å². The zero-order chi connectivity index (χ0) is 9.56. The van der Waals surface area contributed by atoms with Gasteiger partial charge in [0.25, 0.3) is 0 Å². The SMILES string of the molecule is CC(C)CCC(NC=O)C(=O)O. The van der Waals surface area contributed by atoms with Gasteiger partial charge in [0, 0.05) is 0 Å². The van der Waals surface area contributed by atoms with E-state index in [1.54, 1.807) is 0 Å². The zero-order valence-electron chi connectivity index (χ0n) is 7.41. The number of carbonyl (C=O) groups excluding carboxylic acids is 1. The van der Waals surface area contributed by atoms with Crippen molar-refractivity contribution in [2.24, 2.45) is 5.92 Å². The van der Waals surface area contributed by atoms with Crippen molar-refractivity contribution in [1.82, 2.24) is 5.32 Å². The highest BCUT2D eigenvalue weighted by molar-refractivity contribution is 5.76. The Hall–Kier alpha value is -1.06. The topological polar surface area (TPSA) is 66.4 Å². The molecule has 0 saturated heterocycles. The van der Waals surface area contributed by atoms with Crippen molar-refractivity contribution in [3.05, 3.63) is 0 Å². The molecule has 0 radical (unpaired) electrons. The Morgan fingerprint density at radius 2 is 2.08 bits per heavy atom. The second-order valence-corrected chi connectivity index (χ2v) is 3.15. The van der Waals surface area contributed by atoms with Gasteiger partial charge in [-0.3, -0.25) is 4.79 Å². The van der Waals surface area contributed by atoms with E-state index in [9.17, 15) is 9.59 Å². The molecular weight excluding hydrogens is 158 g/mol. The van der Waals surface area contributed by atoms with Gasteiger partial charge in [0.05, 0.1) is 0 Å². The van der Waals surface area contributed by atoms with Crippen LogP contribution in [0.15, 0.2) is 0 Å². The lowest BCUT2D eigenvalue weighted by atomic mass is 10.0. The molecule has 0 aromatic heterocycles. The molecular formula is C8H15NO3. The minimum absolute atomic E-state index is 0.430. The second-order valence-electron chi connectivity index (χ2n) is 3.15. The fourth-order valence-electron chi connectivity index (χ4n) is 0.860. The number of aliphatic carboxylic acids is 1. The highest BCUT2D eigenvalue weighted by Crippen LogP contribution is 2.06. The lowest BCUT2D eigenvalue weighted by Gasteiger charge is -2.11. The number of hydrogen-bond acceptors (Lipinski definition) is 2. The summed E-state index contributed by atoms with van der Waals surface area (Å²) in [5.41, 5.74) is 0. The highest BCUT2D eigenvalue weighted by atomic mass is 16.4. The van der Waals surface area contributed by atoms with Gasteiger partial charge in [-0.2, -0.15) is 0 Å². The Kier molecular flexibility index (Phi) is 5.08. The van der Waals surface area contributed by atoms with Crippen LogP contribution in [0.4, 0.5) is 0 Å². The normalized spacial score (nSPS) is 12.6. The summed E-state index contributed by atoms with van der Waals surface area (Å²) in [5, 5.41) is 10.9. The van der Waals surface area contributed by atoms with Crippen molar-refractivity contribution in [3.8, 4) is 0 Å². The van der Waals surface area contributed by atoms with Crippen LogP contribution < -0.4 is 5.32 Å².